The van der Waals surface area contributed by atoms with Gasteiger partial charge < -0.3 is 0 Å². The van der Waals surface area contributed by atoms with E-state index in [2.05, 4.69) is 64.7 Å². The molecular formula is C35H48O. The van der Waals surface area contributed by atoms with Gasteiger partial charge in [-0.25, -0.2) is 0 Å². The van der Waals surface area contributed by atoms with Crippen LogP contribution >= 0.6 is 0 Å². The van der Waals surface area contributed by atoms with Crippen LogP contribution in [0.4, 0.5) is 0 Å². The minimum absolute atomic E-state index is 0.0732. The van der Waals surface area contributed by atoms with Crippen molar-refractivity contribution in [1.82, 2.24) is 0 Å². The van der Waals surface area contributed by atoms with Crippen LogP contribution in [0.25, 0.3) is 0 Å². The second-order valence-corrected chi connectivity index (χ2v) is 13.9. The van der Waals surface area contributed by atoms with E-state index in [4.69, 9.17) is 0 Å². The Morgan fingerprint density at radius 1 is 0.917 bits per heavy atom. The van der Waals surface area contributed by atoms with E-state index in [-0.39, 0.29) is 11.3 Å². The number of allylic oxidation sites excluding steroid dienone is 2. The van der Waals surface area contributed by atoms with Gasteiger partial charge in [-0.15, -0.1) is 0 Å². The summed E-state index contributed by atoms with van der Waals surface area (Å²) in [6, 6.07) is 10.2. The molecule has 36 heavy (non-hydrogen) atoms. The van der Waals surface area contributed by atoms with E-state index in [1.807, 2.05) is 18.2 Å². The average Bonchev–Trinajstić information content (AvgIpc) is 3.21. The molecule has 0 spiro atoms. The van der Waals surface area contributed by atoms with E-state index in [0.29, 0.717) is 23.0 Å². The minimum Gasteiger partial charge on any atom is -0.299 e. The Balaban J connectivity index is 1.32. The molecule has 1 aromatic rings. The van der Waals surface area contributed by atoms with Gasteiger partial charge in [0, 0.05) is 17.9 Å². The average molecular weight is 485 g/mol. The minimum atomic E-state index is 0.0732. The first-order valence-corrected chi connectivity index (χ1v) is 15.0. The Morgan fingerprint density at radius 2 is 1.67 bits per heavy atom. The van der Waals surface area contributed by atoms with Crippen molar-refractivity contribution in [3.8, 4) is 11.8 Å². The fourth-order valence-corrected chi connectivity index (χ4v) is 9.46. The molecule has 0 saturated heterocycles. The quantitative estimate of drug-likeness (QED) is 0.381. The second kappa shape index (κ2) is 10.2. The molecule has 0 N–H and O–H groups in total. The first kappa shape index (κ1) is 25.8. The monoisotopic (exact) mass is 484 g/mol. The van der Waals surface area contributed by atoms with Gasteiger partial charge in [0.1, 0.15) is 5.78 Å². The predicted molar refractivity (Wildman–Crippen MR) is 150 cm³/mol. The molecule has 0 bridgehead atoms. The predicted octanol–water partition coefficient (Wildman–Crippen LogP) is 8.87. The largest absolute Gasteiger partial charge is 0.299 e. The van der Waals surface area contributed by atoms with Crippen LogP contribution in [-0.4, -0.2) is 5.78 Å². The number of carbonyl (C=O) groups excluding carboxylic acids is 1. The number of Topliss-reactive ketones (excluding diaryl/α,β-unsaturated/α-hetero) is 1. The SMILES string of the molecule is CC(C)CCC[C@H](C)[C@@H]1CC[C@H]2[C@H]3CC(=O)[C@H]4C=C(C#Cc5ccccc5)CC[C@]4(C)[C@@H]3CC[C@@]21C. The summed E-state index contributed by atoms with van der Waals surface area (Å²) in [7, 11) is 0. The summed E-state index contributed by atoms with van der Waals surface area (Å²) >= 11 is 0. The summed E-state index contributed by atoms with van der Waals surface area (Å²) < 4.78 is 0. The Morgan fingerprint density at radius 3 is 2.42 bits per heavy atom. The van der Waals surface area contributed by atoms with Gasteiger partial charge >= 0.3 is 0 Å². The van der Waals surface area contributed by atoms with Gasteiger partial charge in [0.15, 0.2) is 0 Å². The van der Waals surface area contributed by atoms with Gasteiger partial charge in [-0.3, -0.25) is 4.79 Å². The summed E-state index contributed by atoms with van der Waals surface area (Å²) in [6.07, 6.45) is 14.8. The Labute approximate surface area is 220 Å². The fourth-order valence-electron chi connectivity index (χ4n) is 9.46. The maximum atomic E-state index is 13.7. The molecule has 1 heteroatoms. The summed E-state index contributed by atoms with van der Waals surface area (Å²) in [5, 5.41) is 0. The highest BCUT2D eigenvalue weighted by Gasteiger charge is 2.61. The molecule has 4 aliphatic carbocycles. The molecule has 3 saturated carbocycles. The van der Waals surface area contributed by atoms with Crippen molar-refractivity contribution >= 4 is 5.78 Å². The van der Waals surface area contributed by atoms with Crippen LogP contribution in [-0.2, 0) is 4.79 Å². The highest BCUT2D eigenvalue weighted by Crippen LogP contribution is 2.67. The molecular weight excluding hydrogens is 436 g/mol. The topological polar surface area (TPSA) is 17.1 Å². The molecule has 0 aliphatic heterocycles. The van der Waals surface area contributed by atoms with Gasteiger partial charge in [-0.2, -0.15) is 0 Å². The number of carbonyl (C=O) groups is 1. The molecule has 5 rings (SSSR count). The number of hydrogen-bond acceptors (Lipinski definition) is 1. The number of ketones is 1. The van der Waals surface area contributed by atoms with Gasteiger partial charge in [-0.05, 0) is 103 Å². The van der Waals surface area contributed by atoms with E-state index in [1.165, 1.54) is 50.5 Å². The third kappa shape index (κ3) is 4.64. The molecule has 0 amide bonds. The summed E-state index contributed by atoms with van der Waals surface area (Å²) in [5.74, 6) is 11.9. The molecule has 0 heterocycles. The number of hydrogen-bond donors (Lipinski definition) is 0. The van der Waals surface area contributed by atoms with E-state index in [9.17, 15) is 4.79 Å². The maximum absolute atomic E-state index is 13.7. The van der Waals surface area contributed by atoms with Crippen LogP contribution in [0.1, 0.15) is 104 Å². The summed E-state index contributed by atoms with van der Waals surface area (Å²) in [6.45, 7) is 12.3. The first-order valence-electron chi connectivity index (χ1n) is 15.0. The third-order valence-electron chi connectivity index (χ3n) is 11.4. The Bertz CT molecular complexity index is 1040. The molecule has 0 radical (unpaired) electrons. The van der Waals surface area contributed by atoms with Crippen molar-refractivity contribution in [2.24, 2.45) is 52.3 Å². The molecule has 8 atom stereocenters. The van der Waals surface area contributed by atoms with E-state index in [0.717, 1.165) is 48.5 Å². The lowest BCUT2D eigenvalue weighted by Gasteiger charge is -2.59. The lowest BCUT2D eigenvalue weighted by molar-refractivity contribution is -0.146. The van der Waals surface area contributed by atoms with E-state index < -0.39 is 0 Å². The highest BCUT2D eigenvalue weighted by molar-refractivity contribution is 5.85. The Hall–Kier alpha value is -1.81. The van der Waals surface area contributed by atoms with Crippen LogP contribution in [0.2, 0.25) is 0 Å². The second-order valence-electron chi connectivity index (χ2n) is 13.9. The van der Waals surface area contributed by atoms with E-state index >= 15 is 0 Å². The number of benzene rings is 1. The highest BCUT2D eigenvalue weighted by atomic mass is 16.1. The molecule has 0 aromatic heterocycles. The lowest BCUT2D eigenvalue weighted by Crippen LogP contribution is -2.55. The Kier molecular flexibility index (Phi) is 7.29. The number of fused-ring (bicyclic) bond motifs is 5. The van der Waals surface area contributed by atoms with E-state index in [1.54, 1.807) is 0 Å². The van der Waals surface area contributed by atoms with Crippen molar-refractivity contribution in [2.45, 2.75) is 98.8 Å². The molecule has 1 nitrogen and oxygen atoms in total. The standard InChI is InChI=1S/C35H48O/c1-24(2)10-9-11-25(3)29-16-17-30-28-23-33(36)32-22-27(15-14-26-12-7-6-8-13-26)18-20-35(32,5)31(28)19-21-34(29,30)4/h6-8,12-13,22,24-25,28-32H,9-11,16-21,23H2,1-5H3/t25-,28+,29-,30-,31+,32+,34+,35+/m0/s1. The lowest BCUT2D eigenvalue weighted by atomic mass is 9.44. The van der Waals surface area contributed by atoms with Crippen molar-refractivity contribution < 1.29 is 4.79 Å². The molecule has 4 aliphatic rings. The van der Waals surface area contributed by atoms with Crippen LogP contribution in [0.5, 0.6) is 0 Å². The van der Waals surface area contributed by atoms with Crippen LogP contribution in [0.3, 0.4) is 0 Å². The van der Waals surface area contributed by atoms with Crippen LogP contribution in [0.15, 0.2) is 42.0 Å². The van der Waals surface area contributed by atoms with Crippen molar-refractivity contribution in [3.05, 3.63) is 47.5 Å². The first-order chi connectivity index (χ1) is 17.2. The summed E-state index contributed by atoms with van der Waals surface area (Å²) in [5.41, 5.74) is 2.81. The van der Waals surface area contributed by atoms with Gasteiger partial charge in [0.05, 0.1) is 0 Å². The van der Waals surface area contributed by atoms with Gasteiger partial charge in [0.25, 0.3) is 0 Å². The third-order valence-corrected chi connectivity index (χ3v) is 11.4. The van der Waals surface area contributed by atoms with Gasteiger partial charge in [-0.1, -0.05) is 90.0 Å². The zero-order valence-electron chi connectivity index (χ0n) is 23.5. The van der Waals surface area contributed by atoms with Crippen LogP contribution < -0.4 is 0 Å². The molecule has 1 aromatic carbocycles. The molecule has 0 unspecified atom stereocenters. The zero-order chi connectivity index (χ0) is 25.5. The van der Waals surface area contributed by atoms with Gasteiger partial charge in [0.2, 0.25) is 0 Å². The normalized spacial score (nSPS) is 38.3. The zero-order valence-corrected chi connectivity index (χ0v) is 23.5. The summed E-state index contributed by atoms with van der Waals surface area (Å²) in [4.78, 5) is 13.7. The number of rotatable bonds is 5. The smallest absolute Gasteiger partial charge is 0.140 e. The van der Waals surface area contributed by atoms with Crippen molar-refractivity contribution in [1.29, 1.82) is 0 Å². The maximum Gasteiger partial charge on any atom is 0.140 e. The molecule has 3 fully saturated rings. The van der Waals surface area contributed by atoms with Crippen LogP contribution in [0, 0.1) is 64.1 Å². The van der Waals surface area contributed by atoms with Crippen molar-refractivity contribution in [3.63, 3.8) is 0 Å². The fraction of sp³-hybridized carbons (Fsp3) is 0.686. The molecule has 194 valence electrons. The van der Waals surface area contributed by atoms with Crippen molar-refractivity contribution in [2.75, 3.05) is 0 Å².